The van der Waals surface area contributed by atoms with Crippen LogP contribution in [0.5, 0.6) is 0 Å². The van der Waals surface area contributed by atoms with Gasteiger partial charge < -0.3 is 10.2 Å². The number of hydrogen-bond donors (Lipinski definition) is 1. The molecule has 0 unspecified atom stereocenters. The van der Waals surface area contributed by atoms with Crippen LogP contribution in [0.3, 0.4) is 0 Å². The van der Waals surface area contributed by atoms with E-state index in [0.29, 0.717) is 5.41 Å². The molecule has 0 aromatic heterocycles. The van der Waals surface area contributed by atoms with E-state index in [1.807, 2.05) is 0 Å². The summed E-state index contributed by atoms with van der Waals surface area (Å²) in [6.07, 6.45) is 3.89. The average Bonchev–Trinajstić information content (AvgIpc) is 2.40. The van der Waals surface area contributed by atoms with E-state index in [1.54, 1.807) is 0 Å². The second kappa shape index (κ2) is 2.77. The predicted molar refractivity (Wildman–Crippen MR) is 50.9 cm³/mol. The first-order valence-electron chi connectivity index (χ1n) is 4.80. The molecular formula is C10H18N2. The fraction of sp³-hybridized carbons (Fsp3) is 0.800. The van der Waals surface area contributed by atoms with Crippen molar-refractivity contribution in [1.29, 1.82) is 0 Å². The van der Waals surface area contributed by atoms with Crippen LogP contribution in [0.2, 0.25) is 0 Å². The topological polar surface area (TPSA) is 15.3 Å². The minimum atomic E-state index is 0.573. The summed E-state index contributed by atoms with van der Waals surface area (Å²) in [7, 11) is 2.21. The Labute approximate surface area is 74.6 Å². The van der Waals surface area contributed by atoms with Crippen molar-refractivity contribution in [3.63, 3.8) is 0 Å². The van der Waals surface area contributed by atoms with Gasteiger partial charge in [0.25, 0.3) is 0 Å². The largest absolute Gasteiger partial charge is 0.388 e. The first-order valence-corrected chi connectivity index (χ1v) is 4.80. The summed E-state index contributed by atoms with van der Waals surface area (Å²) in [5.74, 6) is 0. The molecule has 0 saturated carbocycles. The van der Waals surface area contributed by atoms with E-state index in [0.717, 1.165) is 0 Å². The van der Waals surface area contributed by atoms with E-state index in [1.165, 1.54) is 44.6 Å². The monoisotopic (exact) mass is 166 g/mol. The van der Waals surface area contributed by atoms with Crippen molar-refractivity contribution in [1.82, 2.24) is 10.2 Å². The van der Waals surface area contributed by atoms with Crippen LogP contribution in [0.15, 0.2) is 12.3 Å². The maximum atomic E-state index is 4.00. The SMILES string of the molecule is C=C1CC2(CCN(C)CC2)CN1. The van der Waals surface area contributed by atoms with Crippen LogP contribution in [0.4, 0.5) is 0 Å². The molecule has 12 heavy (non-hydrogen) atoms. The van der Waals surface area contributed by atoms with Crippen molar-refractivity contribution in [3.8, 4) is 0 Å². The fourth-order valence-electron chi connectivity index (χ4n) is 2.34. The summed E-state index contributed by atoms with van der Waals surface area (Å²) in [4.78, 5) is 2.42. The van der Waals surface area contributed by atoms with Crippen molar-refractivity contribution < 1.29 is 0 Å². The van der Waals surface area contributed by atoms with Gasteiger partial charge >= 0.3 is 0 Å². The fourth-order valence-corrected chi connectivity index (χ4v) is 2.34. The van der Waals surface area contributed by atoms with E-state index in [-0.39, 0.29) is 0 Å². The summed E-state index contributed by atoms with van der Waals surface area (Å²) in [5.41, 5.74) is 1.82. The third-order valence-corrected chi connectivity index (χ3v) is 3.35. The molecule has 0 atom stereocenters. The number of allylic oxidation sites excluding steroid dienone is 1. The van der Waals surface area contributed by atoms with Gasteiger partial charge in [-0.3, -0.25) is 0 Å². The molecule has 0 aromatic rings. The Bertz CT molecular complexity index is 190. The van der Waals surface area contributed by atoms with Crippen LogP contribution in [-0.2, 0) is 0 Å². The summed E-state index contributed by atoms with van der Waals surface area (Å²) >= 11 is 0. The molecule has 0 aromatic carbocycles. The highest BCUT2D eigenvalue weighted by Crippen LogP contribution is 2.39. The van der Waals surface area contributed by atoms with E-state index in [2.05, 4.69) is 23.8 Å². The predicted octanol–water partition coefficient (Wildman–Crippen LogP) is 1.21. The van der Waals surface area contributed by atoms with Crippen molar-refractivity contribution in [2.75, 3.05) is 26.7 Å². The van der Waals surface area contributed by atoms with Crippen molar-refractivity contribution in [3.05, 3.63) is 12.3 Å². The Morgan fingerprint density at radius 1 is 1.42 bits per heavy atom. The first-order chi connectivity index (χ1) is 5.70. The number of nitrogens with one attached hydrogen (secondary N) is 1. The molecule has 2 rings (SSSR count). The highest BCUT2D eigenvalue weighted by Gasteiger charge is 2.37. The lowest BCUT2D eigenvalue weighted by Gasteiger charge is -2.36. The van der Waals surface area contributed by atoms with Gasteiger partial charge in [0, 0.05) is 12.2 Å². The zero-order valence-electron chi connectivity index (χ0n) is 7.90. The van der Waals surface area contributed by atoms with Crippen LogP contribution in [-0.4, -0.2) is 31.6 Å². The number of nitrogens with zero attached hydrogens (tertiary/aromatic N) is 1. The van der Waals surface area contributed by atoms with Crippen molar-refractivity contribution >= 4 is 0 Å². The smallest absolute Gasteiger partial charge is 0.0205 e. The molecule has 2 heteroatoms. The Hall–Kier alpha value is -0.500. The van der Waals surface area contributed by atoms with Gasteiger partial charge in [0.05, 0.1) is 0 Å². The zero-order chi connectivity index (χ0) is 8.60. The summed E-state index contributed by atoms with van der Waals surface area (Å²) < 4.78 is 0. The van der Waals surface area contributed by atoms with Crippen LogP contribution in [0.25, 0.3) is 0 Å². The molecule has 0 bridgehead atoms. The summed E-state index contributed by atoms with van der Waals surface area (Å²) in [6.45, 7) is 7.68. The van der Waals surface area contributed by atoms with Crippen LogP contribution >= 0.6 is 0 Å². The average molecular weight is 166 g/mol. The van der Waals surface area contributed by atoms with Crippen molar-refractivity contribution in [2.24, 2.45) is 5.41 Å². The molecule has 0 radical (unpaired) electrons. The summed E-state index contributed by atoms with van der Waals surface area (Å²) in [6, 6.07) is 0. The molecule has 2 saturated heterocycles. The lowest BCUT2D eigenvalue weighted by Crippen LogP contribution is -2.39. The molecule has 2 heterocycles. The molecule has 1 N–H and O–H groups in total. The second-order valence-corrected chi connectivity index (χ2v) is 4.44. The molecular weight excluding hydrogens is 148 g/mol. The Kier molecular flexibility index (Phi) is 1.87. The van der Waals surface area contributed by atoms with Crippen LogP contribution in [0.1, 0.15) is 19.3 Å². The highest BCUT2D eigenvalue weighted by molar-refractivity contribution is 5.08. The van der Waals surface area contributed by atoms with Gasteiger partial charge in [-0.2, -0.15) is 0 Å². The number of likely N-dealkylation sites (tertiary alicyclic amines) is 1. The summed E-state index contributed by atoms with van der Waals surface area (Å²) in [5, 5.41) is 3.38. The lowest BCUT2D eigenvalue weighted by molar-refractivity contribution is 0.142. The third-order valence-electron chi connectivity index (χ3n) is 3.35. The molecule has 2 nitrogen and oxygen atoms in total. The molecule has 0 amide bonds. The van der Waals surface area contributed by atoms with E-state index in [4.69, 9.17) is 0 Å². The highest BCUT2D eigenvalue weighted by atomic mass is 15.1. The molecule has 1 spiro atoms. The van der Waals surface area contributed by atoms with E-state index >= 15 is 0 Å². The third kappa shape index (κ3) is 1.36. The minimum absolute atomic E-state index is 0.573. The number of piperidine rings is 1. The zero-order valence-corrected chi connectivity index (χ0v) is 7.90. The van der Waals surface area contributed by atoms with E-state index in [9.17, 15) is 0 Å². The van der Waals surface area contributed by atoms with Crippen LogP contribution in [0, 0.1) is 5.41 Å². The van der Waals surface area contributed by atoms with Gasteiger partial charge in [-0.1, -0.05) is 6.58 Å². The number of hydrogen-bond acceptors (Lipinski definition) is 2. The Morgan fingerprint density at radius 3 is 2.58 bits per heavy atom. The van der Waals surface area contributed by atoms with Gasteiger partial charge in [-0.25, -0.2) is 0 Å². The molecule has 2 aliphatic heterocycles. The molecule has 2 aliphatic rings. The first kappa shape index (κ1) is 8.11. The van der Waals surface area contributed by atoms with Crippen molar-refractivity contribution in [2.45, 2.75) is 19.3 Å². The van der Waals surface area contributed by atoms with Crippen LogP contribution < -0.4 is 5.32 Å². The Balaban J connectivity index is 1.99. The van der Waals surface area contributed by atoms with Gasteiger partial charge in [0.1, 0.15) is 0 Å². The van der Waals surface area contributed by atoms with Gasteiger partial charge in [-0.15, -0.1) is 0 Å². The van der Waals surface area contributed by atoms with Gasteiger partial charge in [0.15, 0.2) is 0 Å². The van der Waals surface area contributed by atoms with Gasteiger partial charge in [0.2, 0.25) is 0 Å². The quantitative estimate of drug-likeness (QED) is 0.582. The maximum Gasteiger partial charge on any atom is 0.0205 e. The van der Waals surface area contributed by atoms with Gasteiger partial charge in [-0.05, 0) is 44.8 Å². The number of rotatable bonds is 0. The molecule has 0 aliphatic carbocycles. The normalized spacial score (nSPS) is 29.2. The Morgan fingerprint density at radius 2 is 2.08 bits per heavy atom. The standard InChI is InChI=1S/C10H18N2/c1-9-7-10(8-11-9)3-5-12(2)6-4-10/h11H,1,3-8H2,2H3. The second-order valence-electron chi connectivity index (χ2n) is 4.44. The van der Waals surface area contributed by atoms with E-state index < -0.39 is 0 Å². The maximum absolute atomic E-state index is 4.00. The lowest BCUT2D eigenvalue weighted by atomic mass is 9.77. The minimum Gasteiger partial charge on any atom is -0.388 e. The molecule has 68 valence electrons. The molecule has 2 fully saturated rings.